The third-order valence-corrected chi connectivity index (χ3v) is 4.84. The number of rotatable bonds is 7. The lowest BCUT2D eigenvalue weighted by molar-refractivity contribution is 0.00191. The fraction of sp³-hybridized carbons (Fsp3) is 0.765. The topological polar surface area (TPSA) is 67.6 Å². The monoisotopic (exact) mass is 323 g/mol. The number of nitrogens with one attached hydrogen (secondary N) is 1. The quantitative estimate of drug-likeness (QED) is 0.833. The average molecular weight is 323 g/mol. The van der Waals surface area contributed by atoms with Crippen LogP contribution in [0.1, 0.15) is 48.5 Å². The summed E-state index contributed by atoms with van der Waals surface area (Å²) in [5.41, 5.74) is 1.21. The molecule has 130 valence electrons. The first-order chi connectivity index (χ1) is 11.1. The van der Waals surface area contributed by atoms with Crippen LogP contribution in [0, 0.1) is 19.8 Å². The first-order valence-electron chi connectivity index (χ1n) is 8.61. The molecule has 1 fully saturated rings. The summed E-state index contributed by atoms with van der Waals surface area (Å²) < 4.78 is 10.6. The van der Waals surface area contributed by atoms with Crippen LogP contribution in [-0.4, -0.2) is 54.9 Å². The lowest BCUT2D eigenvalue weighted by Crippen LogP contribution is -2.52. The molecule has 1 amide bonds. The SMILES string of the molecule is CCC(CC)[C@H](CNC(=O)c1c(C)noc1C)N1CCOCC1. The second-order valence-corrected chi connectivity index (χ2v) is 6.20. The fourth-order valence-corrected chi connectivity index (χ4v) is 3.43. The third-order valence-electron chi connectivity index (χ3n) is 4.84. The molecule has 1 aromatic heterocycles. The minimum Gasteiger partial charge on any atom is -0.379 e. The number of ether oxygens (including phenoxy) is 1. The van der Waals surface area contributed by atoms with Gasteiger partial charge in [0.25, 0.3) is 5.91 Å². The van der Waals surface area contributed by atoms with E-state index in [1.165, 1.54) is 0 Å². The number of nitrogens with zero attached hydrogens (tertiary/aromatic N) is 2. The first-order valence-corrected chi connectivity index (χ1v) is 8.61. The predicted octanol–water partition coefficient (Wildman–Crippen LogP) is 2.16. The Labute approximate surface area is 138 Å². The van der Waals surface area contributed by atoms with E-state index in [0.29, 0.717) is 35.5 Å². The Morgan fingerprint density at radius 3 is 2.43 bits per heavy atom. The van der Waals surface area contributed by atoms with Gasteiger partial charge in [0.05, 0.1) is 18.9 Å². The predicted molar refractivity (Wildman–Crippen MR) is 88.6 cm³/mol. The van der Waals surface area contributed by atoms with Gasteiger partial charge in [0, 0.05) is 25.7 Å². The Morgan fingerprint density at radius 2 is 1.91 bits per heavy atom. The van der Waals surface area contributed by atoms with Gasteiger partial charge in [-0.15, -0.1) is 0 Å². The van der Waals surface area contributed by atoms with Crippen molar-refractivity contribution in [1.82, 2.24) is 15.4 Å². The normalized spacial score (nSPS) is 17.4. The van der Waals surface area contributed by atoms with Gasteiger partial charge in [-0.3, -0.25) is 9.69 Å². The Hall–Kier alpha value is -1.40. The van der Waals surface area contributed by atoms with Crippen molar-refractivity contribution in [3.63, 3.8) is 0 Å². The second-order valence-electron chi connectivity index (χ2n) is 6.20. The number of amides is 1. The molecule has 1 aliphatic rings. The Balaban J connectivity index is 2.03. The van der Waals surface area contributed by atoms with Crippen molar-refractivity contribution in [2.45, 2.75) is 46.6 Å². The highest BCUT2D eigenvalue weighted by molar-refractivity contribution is 5.96. The van der Waals surface area contributed by atoms with Crippen molar-refractivity contribution in [2.24, 2.45) is 5.92 Å². The lowest BCUT2D eigenvalue weighted by atomic mass is 9.92. The van der Waals surface area contributed by atoms with Crippen LogP contribution < -0.4 is 5.32 Å². The second kappa shape index (κ2) is 8.45. The summed E-state index contributed by atoms with van der Waals surface area (Å²) in [6, 6.07) is 0.346. The zero-order valence-electron chi connectivity index (χ0n) is 14.7. The van der Waals surface area contributed by atoms with Gasteiger partial charge in [0.1, 0.15) is 11.3 Å². The molecular formula is C17H29N3O3. The highest BCUT2D eigenvalue weighted by atomic mass is 16.5. The molecule has 0 saturated carbocycles. The minimum absolute atomic E-state index is 0.0922. The number of aromatic nitrogens is 1. The van der Waals surface area contributed by atoms with Crippen LogP contribution in [0.3, 0.4) is 0 Å². The molecule has 1 atom stereocenters. The van der Waals surface area contributed by atoms with Gasteiger partial charge >= 0.3 is 0 Å². The summed E-state index contributed by atoms with van der Waals surface area (Å²) >= 11 is 0. The Kier molecular flexibility index (Phi) is 6.59. The van der Waals surface area contributed by atoms with Crippen molar-refractivity contribution >= 4 is 5.91 Å². The summed E-state index contributed by atoms with van der Waals surface area (Å²) in [6.45, 7) is 12.1. The molecule has 6 heteroatoms. The number of morpholine rings is 1. The highest BCUT2D eigenvalue weighted by Gasteiger charge is 2.28. The number of carbonyl (C=O) groups excluding carboxylic acids is 1. The van der Waals surface area contributed by atoms with Crippen molar-refractivity contribution in [3.8, 4) is 0 Å². The molecule has 2 rings (SSSR count). The molecule has 0 aliphatic carbocycles. The third kappa shape index (κ3) is 4.32. The summed E-state index contributed by atoms with van der Waals surface area (Å²) in [7, 11) is 0. The molecule has 2 heterocycles. The molecule has 0 radical (unpaired) electrons. The van der Waals surface area contributed by atoms with Gasteiger partial charge < -0.3 is 14.6 Å². The van der Waals surface area contributed by atoms with Crippen LogP contribution in [-0.2, 0) is 4.74 Å². The molecular weight excluding hydrogens is 294 g/mol. The van der Waals surface area contributed by atoms with E-state index in [2.05, 4.69) is 29.2 Å². The minimum atomic E-state index is -0.0922. The summed E-state index contributed by atoms with van der Waals surface area (Å²) in [4.78, 5) is 14.9. The first kappa shape index (κ1) is 17.9. The van der Waals surface area contributed by atoms with Crippen molar-refractivity contribution in [2.75, 3.05) is 32.8 Å². The van der Waals surface area contributed by atoms with E-state index in [9.17, 15) is 4.79 Å². The van der Waals surface area contributed by atoms with Crippen LogP contribution in [0.5, 0.6) is 0 Å². The zero-order valence-corrected chi connectivity index (χ0v) is 14.7. The highest BCUT2D eigenvalue weighted by Crippen LogP contribution is 2.20. The molecule has 23 heavy (non-hydrogen) atoms. The van der Waals surface area contributed by atoms with Crippen LogP contribution in [0.2, 0.25) is 0 Å². The van der Waals surface area contributed by atoms with Gasteiger partial charge in [0.2, 0.25) is 0 Å². The van der Waals surface area contributed by atoms with Crippen LogP contribution >= 0.6 is 0 Å². The maximum Gasteiger partial charge on any atom is 0.256 e. The van der Waals surface area contributed by atoms with Gasteiger partial charge in [-0.25, -0.2) is 0 Å². The summed E-state index contributed by atoms with van der Waals surface area (Å²) in [5.74, 6) is 1.05. The summed E-state index contributed by atoms with van der Waals surface area (Å²) in [6.07, 6.45) is 2.22. The molecule has 6 nitrogen and oxygen atoms in total. The van der Waals surface area contributed by atoms with Crippen molar-refractivity contribution in [1.29, 1.82) is 0 Å². The van der Waals surface area contributed by atoms with Crippen LogP contribution in [0.15, 0.2) is 4.52 Å². The number of hydrogen-bond acceptors (Lipinski definition) is 5. The van der Waals surface area contributed by atoms with E-state index in [-0.39, 0.29) is 5.91 Å². The van der Waals surface area contributed by atoms with Crippen LogP contribution in [0.4, 0.5) is 0 Å². The van der Waals surface area contributed by atoms with E-state index in [4.69, 9.17) is 9.26 Å². The van der Waals surface area contributed by atoms with Crippen molar-refractivity contribution in [3.05, 3.63) is 17.0 Å². The van der Waals surface area contributed by atoms with E-state index in [1.54, 1.807) is 13.8 Å². The van der Waals surface area contributed by atoms with E-state index in [0.717, 1.165) is 39.1 Å². The smallest absolute Gasteiger partial charge is 0.256 e. The molecule has 0 bridgehead atoms. The number of hydrogen-bond donors (Lipinski definition) is 1. The standard InChI is InChI=1S/C17H29N3O3/c1-5-14(6-2)15(20-7-9-22-10-8-20)11-18-17(21)16-12(3)19-23-13(16)4/h14-15H,5-11H2,1-4H3,(H,18,21)/t15-/m0/s1. The Bertz CT molecular complexity index is 486. The molecule has 1 N–H and O–H groups in total. The van der Waals surface area contributed by atoms with Gasteiger partial charge in [-0.2, -0.15) is 0 Å². The number of carbonyl (C=O) groups is 1. The van der Waals surface area contributed by atoms with Gasteiger partial charge in [0.15, 0.2) is 0 Å². The fourth-order valence-electron chi connectivity index (χ4n) is 3.43. The zero-order chi connectivity index (χ0) is 16.8. The maximum atomic E-state index is 12.5. The number of aryl methyl sites for hydroxylation is 2. The van der Waals surface area contributed by atoms with E-state index >= 15 is 0 Å². The Morgan fingerprint density at radius 1 is 1.26 bits per heavy atom. The maximum absolute atomic E-state index is 12.5. The van der Waals surface area contributed by atoms with Crippen molar-refractivity contribution < 1.29 is 14.1 Å². The van der Waals surface area contributed by atoms with Gasteiger partial charge in [-0.05, 0) is 19.8 Å². The van der Waals surface area contributed by atoms with Gasteiger partial charge in [-0.1, -0.05) is 31.8 Å². The molecule has 0 spiro atoms. The molecule has 1 aromatic rings. The molecule has 0 unspecified atom stereocenters. The summed E-state index contributed by atoms with van der Waals surface area (Å²) in [5, 5.41) is 6.95. The lowest BCUT2D eigenvalue weighted by Gasteiger charge is -2.38. The molecule has 1 aliphatic heterocycles. The molecule has 1 saturated heterocycles. The largest absolute Gasteiger partial charge is 0.379 e. The van der Waals surface area contributed by atoms with Crippen LogP contribution in [0.25, 0.3) is 0 Å². The average Bonchev–Trinajstić information content (AvgIpc) is 2.91. The molecule has 0 aromatic carbocycles. The van der Waals surface area contributed by atoms with E-state index < -0.39 is 0 Å². The van der Waals surface area contributed by atoms with E-state index in [1.807, 2.05) is 0 Å².